The van der Waals surface area contributed by atoms with Crippen LogP contribution in [0, 0.1) is 0 Å². The van der Waals surface area contributed by atoms with Crippen molar-refractivity contribution in [3.63, 3.8) is 0 Å². The van der Waals surface area contributed by atoms with Gasteiger partial charge in [-0.15, -0.1) is 0 Å². The number of benzene rings is 1. The van der Waals surface area contributed by atoms with Crippen molar-refractivity contribution in [1.29, 1.82) is 0 Å². The van der Waals surface area contributed by atoms with Crippen LogP contribution in [0.15, 0.2) is 18.2 Å². The fraction of sp³-hybridized carbons (Fsp3) is 0.500. The molecule has 0 amide bonds. The van der Waals surface area contributed by atoms with Crippen molar-refractivity contribution in [2.24, 2.45) is 5.73 Å². The average Bonchev–Trinajstić information content (AvgIpc) is 2.28. The molecule has 0 aliphatic rings. The second-order valence-electron chi connectivity index (χ2n) is 3.74. The summed E-state index contributed by atoms with van der Waals surface area (Å²) in [7, 11) is 1.41. The first-order chi connectivity index (χ1) is 8.06. The van der Waals surface area contributed by atoms with Gasteiger partial charge in [-0.05, 0) is 30.5 Å². The van der Waals surface area contributed by atoms with Gasteiger partial charge in [-0.25, -0.2) is 0 Å². The number of nitrogens with two attached hydrogens (primary N) is 1. The highest BCUT2D eigenvalue weighted by atomic mass is 19.3. The van der Waals surface area contributed by atoms with E-state index in [4.69, 9.17) is 10.5 Å². The van der Waals surface area contributed by atoms with E-state index in [2.05, 4.69) is 4.74 Å². The molecule has 1 aromatic rings. The molecule has 1 rings (SSSR count). The third-order valence-electron chi connectivity index (χ3n) is 2.47. The van der Waals surface area contributed by atoms with E-state index in [0.717, 1.165) is 12.0 Å². The van der Waals surface area contributed by atoms with Crippen LogP contribution in [0.25, 0.3) is 0 Å². The van der Waals surface area contributed by atoms with Crippen molar-refractivity contribution in [2.45, 2.75) is 32.4 Å². The number of hydrogen-bond donors (Lipinski definition) is 1. The Balaban J connectivity index is 2.88. The lowest BCUT2D eigenvalue weighted by Crippen LogP contribution is -2.21. The SMILES string of the molecule is CCC(N)Cc1ccc(OC)c(OC(F)F)c1. The highest BCUT2D eigenvalue weighted by Crippen LogP contribution is 2.29. The molecule has 5 heteroatoms. The Labute approximate surface area is 99.5 Å². The molecular formula is C12H17F2NO2. The molecule has 0 aliphatic carbocycles. The zero-order valence-corrected chi connectivity index (χ0v) is 9.95. The quantitative estimate of drug-likeness (QED) is 0.837. The molecule has 0 spiro atoms. The molecule has 0 saturated heterocycles. The summed E-state index contributed by atoms with van der Waals surface area (Å²) < 4.78 is 33.7. The van der Waals surface area contributed by atoms with Gasteiger partial charge in [0.2, 0.25) is 0 Å². The first kappa shape index (κ1) is 13.7. The molecule has 96 valence electrons. The molecule has 1 unspecified atom stereocenters. The van der Waals surface area contributed by atoms with Gasteiger partial charge < -0.3 is 15.2 Å². The van der Waals surface area contributed by atoms with Crippen LogP contribution in [0.5, 0.6) is 11.5 Å². The van der Waals surface area contributed by atoms with E-state index in [0.29, 0.717) is 12.2 Å². The second-order valence-corrected chi connectivity index (χ2v) is 3.74. The Morgan fingerprint density at radius 2 is 2.00 bits per heavy atom. The van der Waals surface area contributed by atoms with Gasteiger partial charge in [0.25, 0.3) is 0 Å². The molecule has 0 heterocycles. The fourth-order valence-corrected chi connectivity index (χ4v) is 1.48. The van der Waals surface area contributed by atoms with Gasteiger partial charge >= 0.3 is 6.61 Å². The van der Waals surface area contributed by atoms with E-state index in [9.17, 15) is 8.78 Å². The lowest BCUT2D eigenvalue weighted by molar-refractivity contribution is -0.0512. The Hall–Kier alpha value is -1.36. The van der Waals surface area contributed by atoms with Gasteiger partial charge in [0.05, 0.1) is 7.11 Å². The van der Waals surface area contributed by atoms with Crippen molar-refractivity contribution >= 4 is 0 Å². The molecule has 0 saturated carbocycles. The van der Waals surface area contributed by atoms with E-state index in [1.165, 1.54) is 7.11 Å². The Kier molecular flexibility index (Phi) is 5.15. The van der Waals surface area contributed by atoms with E-state index in [1.54, 1.807) is 18.2 Å². The highest BCUT2D eigenvalue weighted by Gasteiger charge is 2.12. The van der Waals surface area contributed by atoms with Crippen LogP contribution in [-0.2, 0) is 6.42 Å². The predicted octanol–water partition coefficient (Wildman–Crippen LogP) is 2.58. The van der Waals surface area contributed by atoms with Crippen LogP contribution >= 0.6 is 0 Å². The molecule has 3 nitrogen and oxygen atoms in total. The number of hydrogen-bond acceptors (Lipinski definition) is 3. The summed E-state index contributed by atoms with van der Waals surface area (Å²) in [6.07, 6.45) is 1.46. The van der Waals surface area contributed by atoms with Gasteiger partial charge in [-0.1, -0.05) is 13.0 Å². The van der Waals surface area contributed by atoms with Crippen molar-refractivity contribution < 1.29 is 18.3 Å². The third-order valence-corrected chi connectivity index (χ3v) is 2.47. The minimum atomic E-state index is -2.86. The van der Waals surface area contributed by atoms with E-state index in [-0.39, 0.29) is 11.8 Å². The summed E-state index contributed by atoms with van der Waals surface area (Å²) in [6.45, 7) is -0.885. The first-order valence-corrected chi connectivity index (χ1v) is 5.44. The van der Waals surface area contributed by atoms with Crippen molar-refractivity contribution in [3.05, 3.63) is 23.8 Å². The summed E-state index contributed by atoms with van der Waals surface area (Å²) in [6, 6.07) is 4.96. The molecule has 0 bridgehead atoms. The van der Waals surface area contributed by atoms with Crippen LogP contribution in [0.3, 0.4) is 0 Å². The summed E-state index contributed by atoms with van der Waals surface area (Å²) in [5.74, 6) is 0.336. The summed E-state index contributed by atoms with van der Waals surface area (Å²) in [4.78, 5) is 0. The monoisotopic (exact) mass is 245 g/mol. The second kappa shape index (κ2) is 6.39. The normalized spacial score (nSPS) is 12.6. The van der Waals surface area contributed by atoms with Gasteiger partial charge in [0, 0.05) is 6.04 Å². The van der Waals surface area contributed by atoms with Crippen LogP contribution < -0.4 is 15.2 Å². The maximum atomic E-state index is 12.2. The molecule has 0 fully saturated rings. The molecule has 1 atom stereocenters. The predicted molar refractivity (Wildman–Crippen MR) is 61.6 cm³/mol. The molecule has 0 aromatic heterocycles. The van der Waals surface area contributed by atoms with E-state index >= 15 is 0 Å². The molecule has 2 N–H and O–H groups in total. The summed E-state index contributed by atoms with van der Waals surface area (Å²) >= 11 is 0. The fourth-order valence-electron chi connectivity index (χ4n) is 1.48. The number of methoxy groups -OCH3 is 1. The maximum absolute atomic E-state index is 12.2. The van der Waals surface area contributed by atoms with Gasteiger partial charge in [0.1, 0.15) is 0 Å². The molecular weight excluding hydrogens is 228 g/mol. The van der Waals surface area contributed by atoms with Gasteiger partial charge in [-0.2, -0.15) is 8.78 Å². The minimum absolute atomic E-state index is 0.0165. The number of rotatable bonds is 6. The van der Waals surface area contributed by atoms with E-state index < -0.39 is 6.61 Å². The van der Waals surface area contributed by atoms with Crippen LogP contribution in [0.4, 0.5) is 8.78 Å². The standard InChI is InChI=1S/C12H17F2NO2/c1-3-9(15)6-8-4-5-10(16-2)11(7-8)17-12(13)14/h4-5,7,9,12H,3,6,15H2,1-2H3. The van der Waals surface area contributed by atoms with Crippen LogP contribution in [0.2, 0.25) is 0 Å². The lowest BCUT2D eigenvalue weighted by Gasteiger charge is -2.13. The van der Waals surface area contributed by atoms with Crippen LogP contribution in [-0.4, -0.2) is 19.8 Å². The number of ether oxygens (including phenoxy) is 2. The van der Waals surface area contributed by atoms with Crippen molar-refractivity contribution in [2.75, 3.05) is 7.11 Å². The van der Waals surface area contributed by atoms with Crippen molar-refractivity contribution in [1.82, 2.24) is 0 Å². The summed E-state index contributed by atoms with van der Waals surface area (Å²) in [5, 5.41) is 0. The molecule has 0 aliphatic heterocycles. The minimum Gasteiger partial charge on any atom is -0.493 e. The largest absolute Gasteiger partial charge is 0.493 e. The summed E-state index contributed by atoms with van der Waals surface area (Å²) in [5.41, 5.74) is 6.66. The maximum Gasteiger partial charge on any atom is 0.387 e. The van der Waals surface area contributed by atoms with Gasteiger partial charge in [0.15, 0.2) is 11.5 Å². The Morgan fingerprint density at radius 3 is 2.53 bits per heavy atom. The highest BCUT2D eigenvalue weighted by molar-refractivity contribution is 5.43. The smallest absolute Gasteiger partial charge is 0.387 e. The molecule has 0 radical (unpaired) electrons. The number of alkyl halides is 2. The lowest BCUT2D eigenvalue weighted by atomic mass is 10.0. The van der Waals surface area contributed by atoms with Crippen LogP contribution in [0.1, 0.15) is 18.9 Å². The Bertz CT molecular complexity index is 358. The third kappa shape index (κ3) is 4.19. The molecule has 17 heavy (non-hydrogen) atoms. The topological polar surface area (TPSA) is 44.5 Å². The average molecular weight is 245 g/mol. The number of halogens is 2. The molecule has 1 aromatic carbocycles. The zero-order valence-electron chi connectivity index (χ0n) is 9.95. The van der Waals surface area contributed by atoms with Gasteiger partial charge in [-0.3, -0.25) is 0 Å². The first-order valence-electron chi connectivity index (χ1n) is 5.44. The zero-order chi connectivity index (χ0) is 12.8. The van der Waals surface area contributed by atoms with Crippen molar-refractivity contribution in [3.8, 4) is 11.5 Å². The van der Waals surface area contributed by atoms with E-state index in [1.807, 2.05) is 6.92 Å². The Morgan fingerprint density at radius 1 is 1.29 bits per heavy atom.